The first-order valence-corrected chi connectivity index (χ1v) is 6.69. The summed E-state index contributed by atoms with van der Waals surface area (Å²) in [7, 11) is 0. The van der Waals surface area contributed by atoms with Crippen LogP contribution in [-0.2, 0) is 4.74 Å². The fourth-order valence-electron chi connectivity index (χ4n) is 2.48. The smallest absolute Gasteiger partial charge is 0.290 e. The van der Waals surface area contributed by atoms with Gasteiger partial charge in [-0.3, -0.25) is 4.79 Å². The van der Waals surface area contributed by atoms with Crippen molar-refractivity contribution in [2.75, 3.05) is 26.4 Å². The summed E-state index contributed by atoms with van der Waals surface area (Å²) in [5.41, 5.74) is 1.82. The van der Waals surface area contributed by atoms with Gasteiger partial charge in [0.2, 0.25) is 0 Å². The van der Waals surface area contributed by atoms with Gasteiger partial charge in [-0.05, 0) is 25.1 Å². The Labute approximate surface area is 116 Å². The van der Waals surface area contributed by atoms with Gasteiger partial charge in [-0.2, -0.15) is 0 Å². The van der Waals surface area contributed by atoms with Crippen LogP contribution in [0.15, 0.2) is 28.7 Å². The van der Waals surface area contributed by atoms with E-state index < -0.39 is 0 Å². The van der Waals surface area contributed by atoms with Gasteiger partial charge in [0.05, 0.1) is 25.9 Å². The van der Waals surface area contributed by atoms with E-state index in [-0.39, 0.29) is 18.6 Å². The number of aliphatic hydroxyl groups excluding tert-OH is 1. The third-order valence-corrected chi connectivity index (χ3v) is 3.58. The summed E-state index contributed by atoms with van der Waals surface area (Å²) in [6, 6.07) is 7.26. The molecule has 1 amide bonds. The van der Waals surface area contributed by atoms with Crippen molar-refractivity contribution >= 4 is 16.9 Å². The zero-order valence-electron chi connectivity index (χ0n) is 11.3. The number of nitrogens with zero attached hydrogens (tertiary/aromatic N) is 1. The first kappa shape index (κ1) is 13.1. The zero-order valence-corrected chi connectivity index (χ0v) is 11.3. The number of ether oxygens (including phenoxy) is 1. The highest BCUT2D eigenvalue weighted by atomic mass is 16.5. The average Bonchev–Trinajstić information content (AvgIpc) is 2.89. The van der Waals surface area contributed by atoms with E-state index >= 15 is 0 Å². The van der Waals surface area contributed by atoms with Crippen LogP contribution in [-0.4, -0.2) is 48.3 Å². The van der Waals surface area contributed by atoms with Gasteiger partial charge >= 0.3 is 0 Å². The van der Waals surface area contributed by atoms with Gasteiger partial charge in [0.25, 0.3) is 5.91 Å². The molecule has 1 aliphatic heterocycles. The van der Waals surface area contributed by atoms with E-state index in [4.69, 9.17) is 9.15 Å². The minimum absolute atomic E-state index is 0.106. The second kappa shape index (κ2) is 5.26. The van der Waals surface area contributed by atoms with Crippen LogP contribution in [0.5, 0.6) is 0 Å². The Morgan fingerprint density at radius 1 is 1.45 bits per heavy atom. The number of aliphatic hydroxyl groups is 1. The number of morpholine rings is 1. The number of fused-ring (bicyclic) bond motifs is 1. The Balaban J connectivity index is 1.91. The second-order valence-corrected chi connectivity index (χ2v) is 5.06. The molecular weight excluding hydrogens is 258 g/mol. The highest BCUT2D eigenvalue weighted by Crippen LogP contribution is 2.22. The molecule has 3 rings (SSSR count). The van der Waals surface area contributed by atoms with Crippen molar-refractivity contribution in [1.29, 1.82) is 0 Å². The van der Waals surface area contributed by atoms with Crippen molar-refractivity contribution in [2.24, 2.45) is 0 Å². The third kappa shape index (κ3) is 2.30. The van der Waals surface area contributed by atoms with Gasteiger partial charge in [-0.15, -0.1) is 0 Å². The Bertz CT molecular complexity index is 634. The molecule has 2 heterocycles. The standard InChI is InChI=1S/C15H17NO4/c1-10-2-3-13-11(6-10)7-14(20-13)15(18)16-4-5-19-9-12(16)8-17/h2-3,6-7,12,17H,4-5,8-9H2,1H3. The van der Waals surface area contributed by atoms with Crippen molar-refractivity contribution in [1.82, 2.24) is 4.90 Å². The van der Waals surface area contributed by atoms with Crippen molar-refractivity contribution < 1.29 is 19.1 Å². The Hall–Kier alpha value is -1.85. The SMILES string of the molecule is Cc1ccc2oc(C(=O)N3CCOCC3CO)cc2c1. The highest BCUT2D eigenvalue weighted by Gasteiger charge is 2.29. The fourth-order valence-corrected chi connectivity index (χ4v) is 2.48. The summed E-state index contributed by atoms with van der Waals surface area (Å²) in [6.45, 7) is 3.21. The average molecular weight is 275 g/mol. The lowest BCUT2D eigenvalue weighted by Gasteiger charge is -2.33. The Morgan fingerprint density at radius 3 is 3.10 bits per heavy atom. The molecule has 20 heavy (non-hydrogen) atoms. The zero-order chi connectivity index (χ0) is 14.1. The minimum Gasteiger partial charge on any atom is -0.451 e. The predicted octanol–water partition coefficient (Wildman–Crippen LogP) is 1.57. The van der Waals surface area contributed by atoms with Crippen LogP contribution in [0.1, 0.15) is 16.1 Å². The number of benzene rings is 1. The molecule has 0 spiro atoms. The maximum atomic E-state index is 12.5. The van der Waals surface area contributed by atoms with E-state index in [1.165, 1.54) is 0 Å². The molecule has 1 aromatic carbocycles. The highest BCUT2D eigenvalue weighted by molar-refractivity contribution is 5.96. The number of furan rings is 1. The largest absolute Gasteiger partial charge is 0.451 e. The van der Waals surface area contributed by atoms with E-state index in [2.05, 4.69) is 0 Å². The summed E-state index contributed by atoms with van der Waals surface area (Å²) in [5, 5.41) is 10.2. The van der Waals surface area contributed by atoms with Crippen LogP contribution in [0.2, 0.25) is 0 Å². The van der Waals surface area contributed by atoms with Crippen molar-refractivity contribution in [3.05, 3.63) is 35.6 Å². The molecule has 1 unspecified atom stereocenters. The number of amides is 1. The number of aryl methyl sites for hydroxylation is 1. The van der Waals surface area contributed by atoms with Crippen LogP contribution in [0.25, 0.3) is 11.0 Å². The van der Waals surface area contributed by atoms with Crippen molar-refractivity contribution in [2.45, 2.75) is 13.0 Å². The lowest BCUT2D eigenvalue weighted by atomic mass is 10.2. The number of carbonyl (C=O) groups is 1. The molecule has 0 bridgehead atoms. The van der Waals surface area contributed by atoms with Gasteiger partial charge in [0.15, 0.2) is 5.76 Å². The van der Waals surface area contributed by atoms with Gasteiger partial charge < -0.3 is 19.2 Å². The lowest BCUT2D eigenvalue weighted by Crippen LogP contribution is -2.50. The maximum Gasteiger partial charge on any atom is 0.290 e. The van der Waals surface area contributed by atoms with Gasteiger partial charge in [-0.1, -0.05) is 11.6 Å². The van der Waals surface area contributed by atoms with Crippen molar-refractivity contribution in [3.63, 3.8) is 0 Å². The van der Waals surface area contributed by atoms with Gasteiger partial charge in [-0.25, -0.2) is 0 Å². The van der Waals surface area contributed by atoms with E-state index in [9.17, 15) is 9.90 Å². The summed E-state index contributed by atoms with van der Waals surface area (Å²) in [4.78, 5) is 14.1. The molecule has 2 aromatic rings. The van der Waals surface area contributed by atoms with E-state index in [0.29, 0.717) is 31.1 Å². The summed E-state index contributed by atoms with van der Waals surface area (Å²) < 4.78 is 10.9. The first-order valence-electron chi connectivity index (χ1n) is 6.69. The molecule has 1 aliphatic rings. The summed E-state index contributed by atoms with van der Waals surface area (Å²) in [5.74, 6) is 0.118. The molecule has 1 atom stereocenters. The van der Waals surface area contributed by atoms with Crippen LogP contribution >= 0.6 is 0 Å². The number of rotatable bonds is 2. The van der Waals surface area contributed by atoms with Gasteiger partial charge in [0, 0.05) is 11.9 Å². The molecule has 1 N–H and O–H groups in total. The van der Waals surface area contributed by atoms with Crippen LogP contribution < -0.4 is 0 Å². The summed E-state index contributed by atoms with van der Waals surface area (Å²) in [6.07, 6.45) is 0. The van der Waals surface area contributed by atoms with E-state index in [0.717, 1.165) is 10.9 Å². The topological polar surface area (TPSA) is 62.9 Å². The molecule has 0 radical (unpaired) electrons. The quantitative estimate of drug-likeness (QED) is 0.903. The second-order valence-electron chi connectivity index (χ2n) is 5.06. The molecule has 5 nitrogen and oxygen atoms in total. The predicted molar refractivity (Wildman–Crippen MR) is 73.7 cm³/mol. The third-order valence-electron chi connectivity index (χ3n) is 3.58. The molecule has 1 aromatic heterocycles. The molecule has 0 saturated carbocycles. The lowest BCUT2D eigenvalue weighted by molar-refractivity contribution is -0.0195. The summed E-state index contributed by atoms with van der Waals surface area (Å²) >= 11 is 0. The number of hydrogen-bond donors (Lipinski definition) is 1. The Kier molecular flexibility index (Phi) is 3.46. The van der Waals surface area contributed by atoms with E-state index in [1.54, 1.807) is 11.0 Å². The number of carbonyl (C=O) groups excluding carboxylic acids is 1. The normalized spacial score (nSPS) is 19.5. The van der Waals surface area contributed by atoms with Crippen molar-refractivity contribution in [3.8, 4) is 0 Å². The molecule has 1 saturated heterocycles. The maximum absolute atomic E-state index is 12.5. The fraction of sp³-hybridized carbons (Fsp3) is 0.400. The monoisotopic (exact) mass is 275 g/mol. The van der Waals surface area contributed by atoms with Gasteiger partial charge in [0.1, 0.15) is 5.58 Å². The van der Waals surface area contributed by atoms with Crippen LogP contribution in [0.4, 0.5) is 0 Å². The molecule has 106 valence electrons. The minimum atomic E-state index is -0.300. The van der Waals surface area contributed by atoms with Crippen LogP contribution in [0, 0.1) is 6.92 Å². The molecule has 5 heteroatoms. The molecular formula is C15H17NO4. The number of hydrogen-bond acceptors (Lipinski definition) is 4. The molecule has 1 fully saturated rings. The Morgan fingerprint density at radius 2 is 2.30 bits per heavy atom. The van der Waals surface area contributed by atoms with E-state index in [1.807, 2.05) is 25.1 Å². The molecule has 0 aliphatic carbocycles. The first-order chi connectivity index (χ1) is 9.69. The van der Waals surface area contributed by atoms with Crippen LogP contribution in [0.3, 0.4) is 0 Å².